The van der Waals surface area contributed by atoms with Crippen LogP contribution < -0.4 is 10.5 Å². The number of rotatable bonds is 7. The van der Waals surface area contributed by atoms with Gasteiger partial charge >= 0.3 is 0 Å². The lowest BCUT2D eigenvalue weighted by atomic mass is 10.2. The first-order valence-corrected chi connectivity index (χ1v) is 8.70. The van der Waals surface area contributed by atoms with Gasteiger partial charge in [-0.1, -0.05) is 30.3 Å². The summed E-state index contributed by atoms with van der Waals surface area (Å²) in [4.78, 5) is 0.201. The Morgan fingerprint density at radius 2 is 1.71 bits per heavy atom. The predicted octanol–water partition coefficient (Wildman–Crippen LogP) is 3.27. The molecule has 7 heteroatoms. The molecule has 2 rings (SSSR count). The van der Waals surface area contributed by atoms with Crippen molar-refractivity contribution in [1.29, 1.82) is 0 Å². The first-order chi connectivity index (χ1) is 11.0. The van der Waals surface area contributed by atoms with E-state index in [2.05, 4.69) is 0 Å². The number of hydrogen-bond acceptors (Lipinski definition) is 4. The highest BCUT2D eigenvalue weighted by Gasteiger charge is 2.15. The van der Waals surface area contributed by atoms with Crippen molar-refractivity contribution in [2.24, 2.45) is 5.73 Å². The minimum atomic E-state index is -3.43. The van der Waals surface area contributed by atoms with Gasteiger partial charge in [0.2, 0.25) is 0 Å². The van der Waals surface area contributed by atoms with E-state index in [9.17, 15) is 12.8 Å². The number of hydrogen-bond donors (Lipinski definition) is 1. The number of nitrogens with two attached hydrogens (primary N) is 1. The molecule has 0 aromatic heterocycles. The molecule has 2 aromatic carbocycles. The maximum Gasteiger partial charge on any atom is 0.182 e. The highest BCUT2D eigenvalue weighted by molar-refractivity contribution is 7.90. The molecule has 0 bridgehead atoms. The van der Waals surface area contributed by atoms with E-state index >= 15 is 0 Å². The summed E-state index contributed by atoms with van der Waals surface area (Å²) < 4.78 is 43.1. The number of halogens is 2. The minimum Gasteiger partial charge on any atom is -0.487 e. The monoisotopic (exact) mass is 371 g/mol. The van der Waals surface area contributed by atoms with E-state index in [1.807, 2.05) is 6.07 Å². The molecule has 0 spiro atoms. The molecule has 0 radical (unpaired) electrons. The highest BCUT2D eigenvalue weighted by atomic mass is 35.5. The maximum atomic E-state index is 13.2. The van der Waals surface area contributed by atoms with Gasteiger partial charge in [0.25, 0.3) is 0 Å². The van der Waals surface area contributed by atoms with Crippen molar-refractivity contribution in [2.45, 2.75) is 10.6 Å². The second-order valence-corrected chi connectivity index (χ2v) is 6.88. The molecule has 0 heterocycles. The molecule has 0 saturated carbocycles. The third-order valence-electron chi connectivity index (χ3n) is 3.10. The van der Waals surface area contributed by atoms with Crippen molar-refractivity contribution >= 4 is 22.2 Å². The van der Waals surface area contributed by atoms with Crippen LogP contribution in [0, 0.1) is 0 Å². The van der Waals surface area contributed by atoms with E-state index < -0.39 is 15.7 Å². The Balaban J connectivity index is 0.00000288. The summed E-state index contributed by atoms with van der Waals surface area (Å²) in [5.41, 5.74) is 5.91. The van der Waals surface area contributed by atoms with Crippen molar-refractivity contribution in [3.8, 4) is 5.75 Å². The molecule has 0 aliphatic rings. The van der Waals surface area contributed by atoms with Crippen LogP contribution in [-0.4, -0.2) is 21.6 Å². The Morgan fingerprint density at radius 1 is 1.08 bits per heavy atom. The molecule has 4 nitrogen and oxygen atoms in total. The van der Waals surface area contributed by atoms with E-state index in [1.54, 1.807) is 24.3 Å². The normalized spacial score (nSPS) is 11.7. The van der Waals surface area contributed by atoms with Gasteiger partial charge in [0.1, 0.15) is 18.2 Å². The summed E-state index contributed by atoms with van der Waals surface area (Å²) in [7, 11) is -3.43. The molecule has 0 saturated heterocycles. The molecular weight excluding hydrogens is 353 g/mol. The highest BCUT2D eigenvalue weighted by Crippen LogP contribution is 2.20. The molecule has 130 valence electrons. The van der Waals surface area contributed by atoms with Crippen molar-refractivity contribution in [3.05, 3.63) is 72.1 Å². The minimum absolute atomic E-state index is 0. The van der Waals surface area contributed by atoms with Crippen LogP contribution in [0.1, 0.15) is 5.56 Å². The Hall–Kier alpha value is -1.89. The van der Waals surface area contributed by atoms with Crippen LogP contribution in [0.4, 0.5) is 4.39 Å². The standard InChI is InChI=1S/C17H18FNO3S.ClH/c18-15(10-11-19)12-22-16-6-8-17(9-7-16)23(20,21)13-14-4-2-1-3-5-14;/h1-10H,11-13,19H2;1H/b15-10-;. The Kier molecular flexibility index (Phi) is 7.91. The molecule has 2 aromatic rings. The van der Waals surface area contributed by atoms with Crippen molar-refractivity contribution in [1.82, 2.24) is 0 Å². The van der Waals surface area contributed by atoms with Gasteiger partial charge in [-0.25, -0.2) is 12.8 Å². The summed E-state index contributed by atoms with van der Waals surface area (Å²) in [6.45, 7) is -0.126. The molecular formula is C17H19ClFNO3S. The summed E-state index contributed by atoms with van der Waals surface area (Å²) in [6, 6.07) is 14.9. The van der Waals surface area contributed by atoms with Gasteiger partial charge in [0, 0.05) is 6.54 Å². The zero-order valence-electron chi connectivity index (χ0n) is 12.9. The zero-order valence-corrected chi connectivity index (χ0v) is 14.5. The SMILES string of the molecule is Cl.NC/C=C(\F)COc1ccc(S(=O)(=O)Cc2ccccc2)cc1. The van der Waals surface area contributed by atoms with Crippen LogP contribution in [0.5, 0.6) is 5.75 Å². The number of benzene rings is 2. The summed E-state index contributed by atoms with van der Waals surface area (Å²) in [5, 5.41) is 0. The Bertz CT molecular complexity index is 762. The van der Waals surface area contributed by atoms with Gasteiger partial charge in [-0.05, 0) is 35.9 Å². The van der Waals surface area contributed by atoms with Gasteiger partial charge < -0.3 is 10.5 Å². The zero-order chi connectivity index (χ0) is 16.7. The fraction of sp³-hybridized carbons (Fsp3) is 0.176. The third kappa shape index (κ3) is 5.96. The van der Waals surface area contributed by atoms with Gasteiger partial charge in [-0.3, -0.25) is 0 Å². The number of sulfone groups is 1. The molecule has 2 N–H and O–H groups in total. The van der Waals surface area contributed by atoms with Gasteiger partial charge in [0.05, 0.1) is 10.6 Å². The third-order valence-corrected chi connectivity index (χ3v) is 4.80. The Labute approximate surface area is 147 Å². The lowest BCUT2D eigenvalue weighted by Gasteiger charge is -2.07. The second kappa shape index (κ2) is 9.42. The van der Waals surface area contributed by atoms with E-state index in [1.165, 1.54) is 30.3 Å². The van der Waals surface area contributed by atoms with Crippen molar-refractivity contribution in [3.63, 3.8) is 0 Å². The van der Waals surface area contributed by atoms with Gasteiger partial charge in [-0.2, -0.15) is 0 Å². The lowest BCUT2D eigenvalue weighted by molar-refractivity contribution is 0.318. The average molecular weight is 372 g/mol. The van der Waals surface area contributed by atoms with Crippen LogP contribution in [0.15, 0.2) is 71.4 Å². The fourth-order valence-corrected chi connectivity index (χ4v) is 3.31. The van der Waals surface area contributed by atoms with Crippen LogP contribution in [0.2, 0.25) is 0 Å². The molecule has 0 fully saturated rings. The smallest absolute Gasteiger partial charge is 0.182 e. The lowest BCUT2D eigenvalue weighted by Crippen LogP contribution is -2.05. The van der Waals surface area contributed by atoms with Crippen molar-refractivity contribution < 1.29 is 17.5 Å². The topological polar surface area (TPSA) is 69.4 Å². The molecule has 0 aliphatic carbocycles. The maximum absolute atomic E-state index is 13.2. The van der Waals surface area contributed by atoms with Gasteiger partial charge in [0.15, 0.2) is 9.84 Å². The van der Waals surface area contributed by atoms with Crippen LogP contribution in [0.25, 0.3) is 0 Å². The van der Waals surface area contributed by atoms with Crippen LogP contribution in [-0.2, 0) is 15.6 Å². The number of ether oxygens (including phenoxy) is 1. The summed E-state index contributed by atoms with van der Waals surface area (Å²) in [6.07, 6.45) is 1.22. The largest absolute Gasteiger partial charge is 0.487 e. The quantitative estimate of drug-likeness (QED) is 0.810. The first kappa shape index (κ1) is 20.2. The second-order valence-electron chi connectivity index (χ2n) is 4.89. The van der Waals surface area contributed by atoms with Crippen LogP contribution >= 0.6 is 12.4 Å². The van der Waals surface area contributed by atoms with Gasteiger partial charge in [-0.15, -0.1) is 12.4 Å². The van der Waals surface area contributed by atoms with Crippen molar-refractivity contribution in [2.75, 3.05) is 13.2 Å². The van der Waals surface area contributed by atoms with E-state index in [4.69, 9.17) is 10.5 Å². The molecule has 0 unspecified atom stereocenters. The summed E-state index contributed by atoms with van der Waals surface area (Å²) in [5.74, 6) is -0.139. The summed E-state index contributed by atoms with van der Waals surface area (Å²) >= 11 is 0. The fourth-order valence-electron chi connectivity index (χ4n) is 1.96. The molecule has 0 aliphatic heterocycles. The van der Waals surface area contributed by atoms with E-state index in [0.717, 1.165) is 5.56 Å². The van der Waals surface area contributed by atoms with E-state index in [0.29, 0.717) is 5.75 Å². The van der Waals surface area contributed by atoms with Crippen LogP contribution in [0.3, 0.4) is 0 Å². The Morgan fingerprint density at radius 3 is 2.29 bits per heavy atom. The first-order valence-electron chi connectivity index (χ1n) is 7.05. The molecule has 0 atom stereocenters. The predicted molar refractivity (Wildman–Crippen MR) is 94.8 cm³/mol. The molecule has 24 heavy (non-hydrogen) atoms. The van der Waals surface area contributed by atoms with E-state index in [-0.39, 0.29) is 36.2 Å². The average Bonchev–Trinajstić information content (AvgIpc) is 2.54. The molecule has 0 amide bonds.